The molecule has 1 saturated heterocycles. The third-order valence-electron chi connectivity index (χ3n) is 2.00. The van der Waals surface area contributed by atoms with E-state index in [0.29, 0.717) is 13.1 Å². The van der Waals surface area contributed by atoms with Gasteiger partial charge in [0.15, 0.2) is 0 Å². The van der Waals surface area contributed by atoms with Crippen LogP contribution in [0.3, 0.4) is 0 Å². The Bertz CT molecular complexity index is 281. The van der Waals surface area contributed by atoms with Gasteiger partial charge in [-0.2, -0.15) is 0 Å². The van der Waals surface area contributed by atoms with Crippen LogP contribution in [0.25, 0.3) is 0 Å². The molecule has 1 fully saturated rings. The van der Waals surface area contributed by atoms with Crippen molar-refractivity contribution in [1.82, 2.24) is 4.90 Å². The number of nitrogens with zero attached hydrogens (tertiary/aromatic N) is 1. The Morgan fingerprint density at radius 3 is 3.08 bits per heavy atom. The summed E-state index contributed by atoms with van der Waals surface area (Å²) in [6.07, 6.45) is 3.23. The van der Waals surface area contributed by atoms with Crippen molar-refractivity contribution < 1.29 is 9.21 Å². The zero-order valence-corrected chi connectivity index (χ0v) is 6.56. The molecule has 0 bridgehead atoms. The number of β-lactam (4-membered cyclic amide) rings is 1. The van der Waals surface area contributed by atoms with Crippen molar-refractivity contribution in [3.8, 4) is 0 Å². The Balaban J connectivity index is 1.94. The van der Waals surface area contributed by atoms with Gasteiger partial charge in [0.05, 0.1) is 12.5 Å². The number of rotatable bonds is 2. The minimum Gasteiger partial charge on any atom is -0.472 e. The molecule has 4 nitrogen and oxygen atoms in total. The average Bonchev–Trinajstić information content (AvgIpc) is 2.56. The van der Waals surface area contributed by atoms with Crippen LogP contribution in [0.1, 0.15) is 5.56 Å². The van der Waals surface area contributed by atoms with Crippen molar-refractivity contribution in [3.63, 3.8) is 0 Å². The summed E-state index contributed by atoms with van der Waals surface area (Å²) in [5.74, 6) is 0.0243. The molecule has 1 amide bonds. The minimum atomic E-state index is -0.281. The maximum Gasteiger partial charge on any atom is 0.241 e. The summed E-state index contributed by atoms with van der Waals surface area (Å²) >= 11 is 0. The Morgan fingerprint density at radius 1 is 1.75 bits per heavy atom. The molecule has 1 aliphatic heterocycles. The van der Waals surface area contributed by atoms with Crippen molar-refractivity contribution in [1.29, 1.82) is 0 Å². The van der Waals surface area contributed by atoms with Gasteiger partial charge >= 0.3 is 0 Å². The number of hydrogen-bond donors (Lipinski definition) is 1. The lowest BCUT2D eigenvalue weighted by Crippen LogP contribution is -2.60. The lowest BCUT2D eigenvalue weighted by Gasteiger charge is -2.35. The Kier molecular flexibility index (Phi) is 1.62. The number of amides is 1. The molecular formula is C8H10N2O2. The fraction of sp³-hybridized carbons (Fsp3) is 0.375. The van der Waals surface area contributed by atoms with E-state index in [1.54, 1.807) is 17.4 Å². The third kappa shape index (κ3) is 1.10. The second-order valence-corrected chi connectivity index (χ2v) is 2.96. The highest BCUT2D eigenvalue weighted by atomic mass is 16.3. The van der Waals surface area contributed by atoms with Gasteiger partial charge in [0.1, 0.15) is 6.04 Å². The number of carbonyl (C=O) groups excluding carboxylic acids is 1. The molecule has 4 heteroatoms. The molecule has 1 unspecified atom stereocenters. The first kappa shape index (κ1) is 7.36. The van der Waals surface area contributed by atoms with E-state index in [0.717, 1.165) is 5.56 Å². The molecule has 1 atom stereocenters. The van der Waals surface area contributed by atoms with Gasteiger partial charge in [-0.15, -0.1) is 0 Å². The van der Waals surface area contributed by atoms with Gasteiger partial charge < -0.3 is 15.1 Å². The Labute approximate surface area is 69.9 Å². The number of carbonyl (C=O) groups is 1. The number of likely N-dealkylation sites (tertiary alicyclic amines) is 1. The summed E-state index contributed by atoms with van der Waals surface area (Å²) in [5.41, 5.74) is 6.44. The van der Waals surface area contributed by atoms with Crippen molar-refractivity contribution in [2.75, 3.05) is 6.54 Å². The smallest absolute Gasteiger partial charge is 0.241 e. The maximum absolute atomic E-state index is 11.1. The normalized spacial score (nSPS) is 22.6. The van der Waals surface area contributed by atoms with Crippen molar-refractivity contribution in [3.05, 3.63) is 24.2 Å². The second kappa shape index (κ2) is 2.64. The number of hydrogen-bond acceptors (Lipinski definition) is 3. The van der Waals surface area contributed by atoms with Crippen LogP contribution in [0.2, 0.25) is 0 Å². The summed E-state index contributed by atoms with van der Waals surface area (Å²) < 4.78 is 4.88. The van der Waals surface area contributed by atoms with Gasteiger partial charge in [0, 0.05) is 18.7 Å². The highest BCUT2D eigenvalue weighted by molar-refractivity contribution is 5.87. The molecule has 1 aromatic rings. The predicted molar refractivity (Wildman–Crippen MR) is 42.1 cm³/mol. The zero-order chi connectivity index (χ0) is 8.55. The van der Waals surface area contributed by atoms with Gasteiger partial charge in [-0.25, -0.2) is 0 Å². The van der Waals surface area contributed by atoms with E-state index < -0.39 is 0 Å². The van der Waals surface area contributed by atoms with Crippen molar-refractivity contribution in [2.24, 2.45) is 5.73 Å². The lowest BCUT2D eigenvalue weighted by atomic mass is 10.1. The highest BCUT2D eigenvalue weighted by Crippen LogP contribution is 2.13. The lowest BCUT2D eigenvalue weighted by molar-refractivity contribution is -0.143. The van der Waals surface area contributed by atoms with Gasteiger partial charge in [0.2, 0.25) is 5.91 Å². The summed E-state index contributed by atoms with van der Waals surface area (Å²) in [5, 5.41) is 0. The van der Waals surface area contributed by atoms with Crippen LogP contribution in [0.15, 0.2) is 23.0 Å². The van der Waals surface area contributed by atoms with Crippen LogP contribution in [0, 0.1) is 0 Å². The first-order chi connectivity index (χ1) is 5.77. The summed E-state index contributed by atoms with van der Waals surface area (Å²) in [7, 11) is 0. The predicted octanol–water partition coefficient (Wildman–Crippen LogP) is -0.0509. The first-order valence-corrected chi connectivity index (χ1v) is 3.83. The zero-order valence-electron chi connectivity index (χ0n) is 6.56. The van der Waals surface area contributed by atoms with E-state index >= 15 is 0 Å². The van der Waals surface area contributed by atoms with Gasteiger partial charge in [-0.05, 0) is 6.07 Å². The fourth-order valence-corrected chi connectivity index (χ4v) is 1.27. The van der Waals surface area contributed by atoms with Gasteiger partial charge in [-0.3, -0.25) is 4.79 Å². The molecule has 2 rings (SSSR count). The van der Waals surface area contributed by atoms with Gasteiger partial charge in [-0.1, -0.05) is 0 Å². The molecule has 12 heavy (non-hydrogen) atoms. The fourth-order valence-electron chi connectivity index (χ4n) is 1.27. The van der Waals surface area contributed by atoms with Crippen LogP contribution in [0.5, 0.6) is 0 Å². The molecule has 2 N–H and O–H groups in total. The van der Waals surface area contributed by atoms with E-state index in [1.165, 1.54) is 0 Å². The summed E-state index contributed by atoms with van der Waals surface area (Å²) in [4.78, 5) is 12.8. The monoisotopic (exact) mass is 166 g/mol. The van der Waals surface area contributed by atoms with Crippen LogP contribution < -0.4 is 5.73 Å². The van der Waals surface area contributed by atoms with E-state index in [-0.39, 0.29) is 11.9 Å². The minimum absolute atomic E-state index is 0.0243. The van der Waals surface area contributed by atoms with E-state index in [4.69, 9.17) is 10.2 Å². The number of nitrogens with two attached hydrogens (primary N) is 1. The molecule has 0 saturated carbocycles. The first-order valence-electron chi connectivity index (χ1n) is 3.83. The second-order valence-electron chi connectivity index (χ2n) is 2.96. The average molecular weight is 166 g/mol. The largest absolute Gasteiger partial charge is 0.472 e. The highest BCUT2D eigenvalue weighted by Gasteiger charge is 2.33. The SMILES string of the molecule is NC1CN(Cc2ccoc2)C1=O. The molecule has 1 aromatic heterocycles. The van der Waals surface area contributed by atoms with Crippen LogP contribution >= 0.6 is 0 Å². The summed E-state index contributed by atoms with van der Waals surface area (Å²) in [6, 6.07) is 1.56. The maximum atomic E-state index is 11.1. The Morgan fingerprint density at radius 2 is 2.58 bits per heavy atom. The number of furan rings is 1. The molecule has 64 valence electrons. The van der Waals surface area contributed by atoms with Crippen molar-refractivity contribution in [2.45, 2.75) is 12.6 Å². The van der Waals surface area contributed by atoms with Gasteiger partial charge in [0.25, 0.3) is 0 Å². The van der Waals surface area contributed by atoms with Crippen LogP contribution in [-0.4, -0.2) is 23.4 Å². The quantitative estimate of drug-likeness (QED) is 0.626. The standard InChI is InChI=1S/C8H10N2O2/c9-7-4-10(8(7)11)3-6-1-2-12-5-6/h1-2,5,7H,3-4,9H2. The molecule has 0 aliphatic carbocycles. The molecular weight excluding hydrogens is 156 g/mol. The van der Waals surface area contributed by atoms with E-state index in [9.17, 15) is 4.79 Å². The molecule has 0 aromatic carbocycles. The molecule has 2 heterocycles. The molecule has 1 aliphatic rings. The summed E-state index contributed by atoms with van der Waals surface area (Å²) in [6.45, 7) is 1.27. The van der Waals surface area contributed by atoms with Crippen LogP contribution in [0.4, 0.5) is 0 Å². The molecule has 0 spiro atoms. The van der Waals surface area contributed by atoms with Crippen LogP contribution in [-0.2, 0) is 11.3 Å². The molecule has 0 radical (unpaired) electrons. The van der Waals surface area contributed by atoms with Crippen molar-refractivity contribution >= 4 is 5.91 Å². The van der Waals surface area contributed by atoms with E-state index in [1.807, 2.05) is 6.07 Å². The Hall–Kier alpha value is -1.29. The van der Waals surface area contributed by atoms with E-state index in [2.05, 4.69) is 0 Å². The third-order valence-corrected chi connectivity index (χ3v) is 2.00. The topological polar surface area (TPSA) is 59.5 Å².